The maximum Gasteiger partial charge on any atom is 0.283 e. The molecule has 1 atom stereocenters. The van der Waals surface area contributed by atoms with Gasteiger partial charge in [-0.05, 0) is 37.7 Å². The van der Waals surface area contributed by atoms with Crippen LogP contribution in [0.25, 0.3) is 0 Å². The number of nitrogens with two attached hydrogens (primary N) is 1. The van der Waals surface area contributed by atoms with Crippen molar-refractivity contribution in [1.82, 2.24) is 4.90 Å². The second-order valence-corrected chi connectivity index (χ2v) is 5.88. The fraction of sp³-hybridized carbons (Fsp3) is 0.500. The highest BCUT2D eigenvalue weighted by Crippen LogP contribution is 2.29. The maximum absolute atomic E-state index is 12.6. The molecular formula is C14H19N3O3S. The number of amides is 1. The first kappa shape index (κ1) is 15.8. The standard InChI is InChI=1S/C14H19N3O3S/c1-21-13-6-5-10(8-12(13)17(19)20)14(18)16-7-3-2-4-11(16)9-15/h5-6,8,11H,2-4,7,9,15H2,1H3. The zero-order chi connectivity index (χ0) is 15.4. The Hall–Kier alpha value is -1.60. The van der Waals surface area contributed by atoms with Gasteiger partial charge in [-0.3, -0.25) is 14.9 Å². The van der Waals surface area contributed by atoms with Crippen LogP contribution in [0.15, 0.2) is 23.1 Å². The van der Waals surface area contributed by atoms with Crippen LogP contribution in [-0.4, -0.2) is 41.1 Å². The average molecular weight is 309 g/mol. The van der Waals surface area contributed by atoms with Gasteiger partial charge in [0.2, 0.25) is 0 Å². The predicted octanol–water partition coefficient (Wildman–Crippen LogP) is 2.27. The van der Waals surface area contributed by atoms with E-state index in [9.17, 15) is 14.9 Å². The summed E-state index contributed by atoms with van der Waals surface area (Å²) in [5.41, 5.74) is 6.07. The number of hydrogen-bond donors (Lipinski definition) is 1. The van der Waals surface area contributed by atoms with E-state index in [0.29, 0.717) is 23.5 Å². The van der Waals surface area contributed by atoms with Gasteiger partial charge in [0.1, 0.15) is 0 Å². The Morgan fingerprint density at radius 3 is 2.90 bits per heavy atom. The average Bonchev–Trinajstić information content (AvgIpc) is 2.53. The summed E-state index contributed by atoms with van der Waals surface area (Å²) in [5, 5.41) is 11.1. The lowest BCUT2D eigenvalue weighted by Gasteiger charge is -2.35. The number of benzene rings is 1. The van der Waals surface area contributed by atoms with E-state index in [0.717, 1.165) is 19.3 Å². The molecule has 2 rings (SSSR count). The highest BCUT2D eigenvalue weighted by Gasteiger charge is 2.27. The van der Waals surface area contributed by atoms with E-state index in [-0.39, 0.29) is 17.6 Å². The molecule has 0 aliphatic carbocycles. The molecule has 0 saturated carbocycles. The minimum atomic E-state index is -0.445. The smallest absolute Gasteiger partial charge is 0.283 e. The third-order valence-electron chi connectivity index (χ3n) is 3.78. The van der Waals surface area contributed by atoms with Crippen molar-refractivity contribution in [1.29, 1.82) is 0 Å². The lowest BCUT2D eigenvalue weighted by Crippen LogP contribution is -2.47. The number of nitro benzene ring substituents is 1. The Morgan fingerprint density at radius 1 is 1.52 bits per heavy atom. The number of rotatable bonds is 4. The lowest BCUT2D eigenvalue weighted by atomic mass is 10.0. The van der Waals surface area contributed by atoms with Crippen molar-refractivity contribution >= 4 is 23.4 Å². The second kappa shape index (κ2) is 6.91. The van der Waals surface area contributed by atoms with Crippen molar-refractivity contribution in [3.8, 4) is 0 Å². The van der Waals surface area contributed by atoms with E-state index >= 15 is 0 Å². The van der Waals surface area contributed by atoms with Gasteiger partial charge >= 0.3 is 0 Å². The van der Waals surface area contributed by atoms with Crippen molar-refractivity contribution in [2.24, 2.45) is 5.73 Å². The zero-order valence-corrected chi connectivity index (χ0v) is 12.8. The van der Waals surface area contributed by atoms with E-state index < -0.39 is 4.92 Å². The number of nitro groups is 1. The zero-order valence-electron chi connectivity index (χ0n) is 11.9. The van der Waals surface area contributed by atoms with Crippen LogP contribution in [0.5, 0.6) is 0 Å². The molecule has 2 N–H and O–H groups in total. The summed E-state index contributed by atoms with van der Waals surface area (Å²) in [4.78, 5) is 25.6. The molecule has 1 amide bonds. The Kier molecular flexibility index (Phi) is 5.19. The molecule has 0 aromatic heterocycles. The number of carbonyl (C=O) groups is 1. The van der Waals surface area contributed by atoms with Crippen LogP contribution in [-0.2, 0) is 0 Å². The summed E-state index contributed by atoms with van der Waals surface area (Å²) in [7, 11) is 0. The van der Waals surface area contributed by atoms with Gasteiger partial charge in [0.15, 0.2) is 0 Å². The van der Waals surface area contributed by atoms with Crippen LogP contribution in [0.4, 0.5) is 5.69 Å². The van der Waals surface area contributed by atoms with Gasteiger partial charge < -0.3 is 10.6 Å². The van der Waals surface area contributed by atoms with E-state index in [4.69, 9.17) is 5.73 Å². The topological polar surface area (TPSA) is 89.5 Å². The molecule has 0 radical (unpaired) electrons. The van der Waals surface area contributed by atoms with Crippen molar-refractivity contribution in [2.45, 2.75) is 30.2 Å². The van der Waals surface area contributed by atoms with Gasteiger partial charge in [0.25, 0.3) is 11.6 Å². The summed E-state index contributed by atoms with van der Waals surface area (Å²) in [6.45, 7) is 1.09. The van der Waals surface area contributed by atoms with E-state index in [1.807, 2.05) is 0 Å². The lowest BCUT2D eigenvalue weighted by molar-refractivity contribution is -0.387. The largest absolute Gasteiger partial charge is 0.334 e. The first-order valence-electron chi connectivity index (χ1n) is 6.92. The van der Waals surface area contributed by atoms with Gasteiger partial charge in [-0.2, -0.15) is 0 Å². The first-order chi connectivity index (χ1) is 10.1. The van der Waals surface area contributed by atoms with Crippen molar-refractivity contribution in [3.63, 3.8) is 0 Å². The molecule has 0 bridgehead atoms. The second-order valence-electron chi connectivity index (χ2n) is 5.03. The van der Waals surface area contributed by atoms with Crippen LogP contribution in [0.1, 0.15) is 29.6 Å². The molecule has 6 nitrogen and oxygen atoms in total. The van der Waals surface area contributed by atoms with E-state index in [2.05, 4.69) is 0 Å². The molecule has 1 aliphatic heterocycles. The Balaban J connectivity index is 2.30. The van der Waals surface area contributed by atoms with Crippen molar-refractivity contribution < 1.29 is 9.72 Å². The third-order valence-corrected chi connectivity index (χ3v) is 4.57. The Morgan fingerprint density at radius 2 is 2.29 bits per heavy atom. The minimum Gasteiger partial charge on any atom is -0.334 e. The molecule has 1 heterocycles. The highest BCUT2D eigenvalue weighted by atomic mass is 32.2. The van der Waals surface area contributed by atoms with Gasteiger partial charge in [-0.1, -0.05) is 0 Å². The maximum atomic E-state index is 12.6. The minimum absolute atomic E-state index is 0.0188. The van der Waals surface area contributed by atoms with Gasteiger partial charge in [-0.15, -0.1) is 11.8 Å². The van der Waals surface area contributed by atoms with Gasteiger partial charge in [-0.25, -0.2) is 0 Å². The number of thioether (sulfide) groups is 1. The number of hydrogen-bond acceptors (Lipinski definition) is 5. The van der Waals surface area contributed by atoms with Crippen molar-refractivity contribution in [3.05, 3.63) is 33.9 Å². The molecule has 1 fully saturated rings. The first-order valence-corrected chi connectivity index (χ1v) is 8.14. The summed E-state index contributed by atoms with van der Waals surface area (Å²) in [5.74, 6) is -0.166. The number of piperidine rings is 1. The van der Waals surface area contributed by atoms with Crippen LogP contribution in [0, 0.1) is 10.1 Å². The molecule has 0 spiro atoms. The third kappa shape index (κ3) is 3.36. The fourth-order valence-corrected chi connectivity index (χ4v) is 3.19. The molecule has 1 unspecified atom stereocenters. The predicted molar refractivity (Wildman–Crippen MR) is 82.6 cm³/mol. The summed E-state index contributed by atoms with van der Waals surface area (Å²) in [6.07, 6.45) is 4.69. The normalized spacial score (nSPS) is 18.6. The summed E-state index contributed by atoms with van der Waals surface area (Å²) < 4.78 is 0. The summed E-state index contributed by atoms with van der Waals surface area (Å²) in [6, 6.07) is 4.70. The van der Waals surface area contributed by atoms with Gasteiger partial charge in [0.05, 0.1) is 9.82 Å². The molecule has 21 heavy (non-hydrogen) atoms. The molecule has 114 valence electrons. The highest BCUT2D eigenvalue weighted by molar-refractivity contribution is 7.98. The summed E-state index contributed by atoms with van der Waals surface area (Å²) >= 11 is 1.30. The van der Waals surface area contributed by atoms with E-state index in [1.54, 1.807) is 23.3 Å². The molecular weight excluding hydrogens is 290 g/mol. The molecule has 1 aromatic carbocycles. The van der Waals surface area contributed by atoms with Crippen LogP contribution >= 0.6 is 11.8 Å². The number of nitrogens with zero attached hydrogens (tertiary/aromatic N) is 2. The SMILES string of the molecule is CSc1ccc(C(=O)N2CCCCC2CN)cc1[N+](=O)[O-]. The molecule has 1 aliphatic rings. The van der Waals surface area contributed by atoms with Crippen molar-refractivity contribution in [2.75, 3.05) is 19.3 Å². The van der Waals surface area contributed by atoms with Gasteiger partial charge in [0, 0.05) is 30.8 Å². The van der Waals surface area contributed by atoms with Crippen LogP contribution < -0.4 is 5.73 Å². The fourth-order valence-electron chi connectivity index (χ4n) is 2.64. The number of carbonyl (C=O) groups excluding carboxylic acids is 1. The molecule has 1 aromatic rings. The molecule has 1 saturated heterocycles. The Labute approximate surface area is 127 Å². The number of likely N-dealkylation sites (tertiary alicyclic amines) is 1. The molecule has 7 heteroatoms. The van der Waals surface area contributed by atoms with Crippen LogP contribution in [0.3, 0.4) is 0 Å². The Bertz CT molecular complexity index is 550. The monoisotopic (exact) mass is 309 g/mol. The van der Waals surface area contributed by atoms with E-state index in [1.165, 1.54) is 17.8 Å². The quantitative estimate of drug-likeness (QED) is 0.523. The van der Waals surface area contributed by atoms with Crippen LogP contribution in [0.2, 0.25) is 0 Å².